The number of nitrogens with zero attached hydrogens (tertiary/aromatic N) is 1. The van der Waals surface area contributed by atoms with Crippen molar-refractivity contribution in [2.24, 2.45) is 16.5 Å². The van der Waals surface area contributed by atoms with Gasteiger partial charge in [-0.15, -0.1) is 0 Å². The Balaban J connectivity index is 0.000000293. The molecule has 1 rings (SSSR count). The number of aliphatic imine (C=N–C) groups is 1. The Morgan fingerprint density at radius 2 is 1.94 bits per heavy atom. The highest BCUT2D eigenvalue weighted by Crippen LogP contribution is 2.13. The van der Waals surface area contributed by atoms with Crippen molar-refractivity contribution in [2.45, 2.75) is 12.6 Å². The van der Waals surface area contributed by atoms with Crippen LogP contribution in [0.4, 0.5) is 13.2 Å². The van der Waals surface area contributed by atoms with Gasteiger partial charge in [0.25, 0.3) is 0 Å². The van der Waals surface area contributed by atoms with Gasteiger partial charge in [-0.3, -0.25) is 0 Å². The molecule has 0 saturated heterocycles. The van der Waals surface area contributed by atoms with Crippen LogP contribution in [-0.4, -0.2) is 23.1 Å². The minimum atomic E-state index is -5.08. The first-order valence-electron chi connectivity index (χ1n) is 3.97. The minimum Gasteiger partial charge on any atom is -0.475 e. The Morgan fingerprint density at radius 3 is 2.38 bits per heavy atom. The summed E-state index contributed by atoms with van der Waals surface area (Å²) in [6.07, 6.45) is 0.695. The van der Waals surface area contributed by atoms with Gasteiger partial charge in [-0.2, -0.15) is 13.2 Å². The normalized spacial score (nSPS) is 15.2. The van der Waals surface area contributed by atoms with Crippen molar-refractivity contribution in [1.29, 1.82) is 0 Å². The van der Waals surface area contributed by atoms with E-state index in [0.29, 0.717) is 12.3 Å². The minimum absolute atomic E-state index is 0.567. The van der Waals surface area contributed by atoms with E-state index in [1.54, 1.807) is 18.4 Å². The van der Waals surface area contributed by atoms with Crippen LogP contribution in [-0.2, 0) is 4.79 Å². The second kappa shape index (κ2) is 5.79. The van der Waals surface area contributed by atoms with Crippen LogP contribution in [0.15, 0.2) is 29.0 Å². The molecule has 1 heterocycles. The number of rotatable bonds is 0. The van der Waals surface area contributed by atoms with E-state index in [9.17, 15) is 13.2 Å². The fourth-order valence-electron chi connectivity index (χ4n) is 0.619. The van der Waals surface area contributed by atoms with Crippen LogP contribution in [0.5, 0.6) is 0 Å². The number of aliphatic carboxylic acids is 1. The van der Waals surface area contributed by atoms with Crippen molar-refractivity contribution in [3.63, 3.8) is 0 Å². The lowest BCUT2D eigenvalue weighted by atomic mass is 10.3. The van der Waals surface area contributed by atoms with E-state index < -0.39 is 12.1 Å². The zero-order valence-corrected chi connectivity index (χ0v) is 8.03. The van der Waals surface area contributed by atoms with Gasteiger partial charge in [-0.25, -0.2) is 9.79 Å². The molecule has 0 atom stereocenters. The van der Waals surface area contributed by atoms with Crippen molar-refractivity contribution in [3.8, 4) is 0 Å². The predicted octanol–water partition coefficient (Wildman–Crippen LogP) is 0.737. The molecule has 0 unspecified atom stereocenters. The lowest BCUT2D eigenvalue weighted by Gasteiger charge is -1.94. The average molecular weight is 237 g/mol. The van der Waals surface area contributed by atoms with Gasteiger partial charge in [0.05, 0.1) is 0 Å². The van der Waals surface area contributed by atoms with Crippen LogP contribution in [0.2, 0.25) is 0 Å². The Hall–Kier alpha value is -1.99. The van der Waals surface area contributed by atoms with Crippen LogP contribution >= 0.6 is 0 Å². The average Bonchev–Trinajstić information content (AvgIpc) is 2.28. The first kappa shape index (κ1) is 14.0. The van der Waals surface area contributed by atoms with Gasteiger partial charge < -0.3 is 16.6 Å². The van der Waals surface area contributed by atoms with Gasteiger partial charge in [0.15, 0.2) is 0 Å². The second-order valence-electron chi connectivity index (χ2n) is 2.68. The number of nitrogens with two attached hydrogens (primary N) is 2. The maximum absolute atomic E-state index is 10.6. The highest BCUT2D eigenvalue weighted by atomic mass is 19.4. The Kier molecular flexibility index (Phi) is 5.07. The number of allylic oxidation sites excluding steroid dienone is 2. The largest absolute Gasteiger partial charge is 0.490 e. The summed E-state index contributed by atoms with van der Waals surface area (Å²) in [6.45, 7) is 0. The number of alkyl halides is 3. The first-order chi connectivity index (χ1) is 7.23. The van der Waals surface area contributed by atoms with E-state index in [-0.39, 0.29) is 0 Å². The number of carbonyl (C=O) groups is 1. The summed E-state index contributed by atoms with van der Waals surface area (Å²) >= 11 is 0. The maximum atomic E-state index is 10.6. The van der Waals surface area contributed by atoms with Crippen LogP contribution < -0.4 is 11.5 Å². The molecule has 0 bridgehead atoms. The summed E-state index contributed by atoms with van der Waals surface area (Å²) in [5, 5.41) is 7.12. The first-order valence-corrected chi connectivity index (χ1v) is 3.97. The molecule has 0 saturated carbocycles. The number of carboxylic acids is 1. The quantitative estimate of drug-likeness (QED) is 0.578. The van der Waals surface area contributed by atoms with Crippen molar-refractivity contribution in [1.82, 2.24) is 0 Å². The summed E-state index contributed by atoms with van der Waals surface area (Å²) in [4.78, 5) is 12.8. The molecule has 0 aliphatic carbocycles. The van der Waals surface area contributed by atoms with Gasteiger partial charge in [-0.05, 0) is 12.2 Å². The molecule has 1 aliphatic heterocycles. The Bertz CT molecular complexity index is 325. The van der Waals surface area contributed by atoms with Gasteiger partial charge in [0.1, 0.15) is 5.84 Å². The van der Waals surface area contributed by atoms with Crippen LogP contribution in [0.1, 0.15) is 6.42 Å². The van der Waals surface area contributed by atoms with Gasteiger partial charge >= 0.3 is 12.1 Å². The van der Waals surface area contributed by atoms with Crippen molar-refractivity contribution in [3.05, 3.63) is 24.0 Å². The third kappa shape index (κ3) is 6.46. The van der Waals surface area contributed by atoms with Crippen molar-refractivity contribution < 1.29 is 23.1 Å². The number of halogens is 3. The smallest absolute Gasteiger partial charge is 0.475 e. The van der Waals surface area contributed by atoms with Crippen LogP contribution in [0.25, 0.3) is 0 Å². The third-order valence-corrected chi connectivity index (χ3v) is 1.26. The molecule has 5 N–H and O–H groups in total. The topological polar surface area (TPSA) is 102 Å². The van der Waals surface area contributed by atoms with E-state index in [0.717, 1.165) is 5.70 Å². The molecule has 90 valence electrons. The lowest BCUT2D eigenvalue weighted by molar-refractivity contribution is -0.192. The second-order valence-corrected chi connectivity index (χ2v) is 2.68. The van der Waals surface area contributed by atoms with Gasteiger partial charge in [0, 0.05) is 18.3 Å². The fraction of sp³-hybridized carbons (Fsp3) is 0.250. The molecule has 1 aliphatic rings. The predicted molar refractivity (Wildman–Crippen MR) is 51.3 cm³/mol. The molecule has 0 amide bonds. The zero-order chi connectivity index (χ0) is 12.8. The Morgan fingerprint density at radius 1 is 1.44 bits per heavy atom. The SMILES string of the molecule is NC1=CC=CN=C(N)C1.O=C(O)C(F)(F)F. The van der Waals surface area contributed by atoms with Crippen molar-refractivity contribution >= 4 is 11.8 Å². The summed E-state index contributed by atoms with van der Waals surface area (Å²) in [5.74, 6) is -2.19. The number of carboxylic acid groups (broad SMARTS) is 1. The number of amidine groups is 1. The van der Waals surface area contributed by atoms with Crippen LogP contribution in [0.3, 0.4) is 0 Å². The molecular weight excluding hydrogens is 227 g/mol. The summed E-state index contributed by atoms with van der Waals surface area (Å²) < 4.78 is 31.7. The van der Waals surface area contributed by atoms with E-state index in [1.165, 1.54) is 0 Å². The molecular formula is C8H10F3N3O2. The van der Waals surface area contributed by atoms with E-state index in [2.05, 4.69) is 4.99 Å². The third-order valence-electron chi connectivity index (χ3n) is 1.26. The lowest BCUT2D eigenvalue weighted by Crippen LogP contribution is -2.21. The fourth-order valence-corrected chi connectivity index (χ4v) is 0.619. The standard InChI is InChI=1S/C6H9N3.C2HF3O2/c7-5-2-1-3-9-6(8)4-5;3-2(4,5)1(6)7/h1-3H,4,7H2,(H2,8,9);(H,6,7). The van der Waals surface area contributed by atoms with Gasteiger partial charge in [-0.1, -0.05) is 0 Å². The van der Waals surface area contributed by atoms with E-state index >= 15 is 0 Å². The molecule has 0 spiro atoms. The van der Waals surface area contributed by atoms with Crippen molar-refractivity contribution in [2.75, 3.05) is 0 Å². The molecule has 0 aromatic carbocycles. The molecule has 0 aromatic heterocycles. The summed E-state index contributed by atoms with van der Waals surface area (Å²) in [5.41, 5.74) is 11.6. The molecule has 16 heavy (non-hydrogen) atoms. The molecule has 0 fully saturated rings. The number of hydrogen-bond acceptors (Lipinski definition) is 4. The van der Waals surface area contributed by atoms with Crippen LogP contribution in [0, 0.1) is 0 Å². The highest BCUT2D eigenvalue weighted by molar-refractivity contribution is 5.83. The molecule has 0 radical (unpaired) electrons. The highest BCUT2D eigenvalue weighted by Gasteiger charge is 2.38. The summed E-state index contributed by atoms with van der Waals surface area (Å²) in [7, 11) is 0. The monoisotopic (exact) mass is 237 g/mol. The Labute approximate surface area is 88.9 Å². The van der Waals surface area contributed by atoms with E-state index in [4.69, 9.17) is 21.4 Å². The van der Waals surface area contributed by atoms with Gasteiger partial charge in [0.2, 0.25) is 0 Å². The molecule has 0 aromatic rings. The molecule has 8 heteroatoms. The summed E-state index contributed by atoms with van der Waals surface area (Å²) in [6, 6.07) is 0. The maximum Gasteiger partial charge on any atom is 0.490 e. The number of hydrogen-bond donors (Lipinski definition) is 3. The van der Waals surface area contributed by atoms with E-state index in [1.807, 2.05) is 0 Å². The molecule has 5 nitrogen and oxygen atoms in total. The zero-order valence-electron chi connectivity index (χ0n) is 8.03.